The lowest BCUT2D eigenvalue weighted by Crippen LogP contribution is -2.48. The SMILES string of the molecule is CN1CCS(=O)(=O)CC1CC(=O)N[C@@H]1C[C@H]1c1cccc(Cl)c1. The van der Waals surface area contributed by atoms with Crippen LogP contribution in [0.4, 0.5) is 0 Å². The number of nitrogens with one attached hydrogen (secondary N) is 1. The molecule has 7 heteroatoms. The van der Waals surface area contributed by atoms with Crippen molar-refractivity contribution in [3.63, 3.8) is 0 Å². The van der Waals surface area contributed by atoms with Gasteiger partial charge in [0.25, 0.3) is 0 Å². The fourth-order valence-corrected chi connectivity index (χ4v) is 5.01. The second kappa shape index (κ2) is 6.42. The minimum absolute atomic E-state index is 0.0688. The zero-order chi connectivity index (χ0) is 16.6. The standard InChI is InChI=1S/C16H21ClN2O3S/c1-19-5-6-23(21,22)10-13(19)8-16(20)18-15-9-14(15)11-3-2-4-12(17)7-11/h2-4,7,13-15H,5-6,8-10H2,1H3,(H,18,20)/t13?,14-,15+/m0/s1. The zero-order valence-corrected chi connectivity index (χ0v) is 14.6. The predicted molar refractivity (Wildman–Crippen MR) is 90.4 cm³/mol. The molecule has 0 bridgehead atoms. The van der Waals surface area contributed by atoms with Gasteiger partial charge in [-0.2, -0.15) is 0 Å². The number of carbonyl (C=O) groups excluding carboxylic acids is 1. The summed E-state index contributed by atoms with van der Waals surface area (Å²) in [6.45, 7) is 0.495. The first kappa shape index (κ1) is 16.7. The Hall–Kier alpha value is -1.11. The van der Waals surface area contributed by atoms with E-state index >= 15 is 0 Å². The molecular formula is C16H21ClN2O3S. The summed E-state index contributed by atoms with van der Waals surface area (Å²) >= 11 is 5.99. The molecule has 2 aliphatic rings. The van der Waals surface area contributed by atoms with Crippen LogP contribution in [-0.2, 0) is 14.6 Å². The third-order valence-electron chi connectivity index (χ3n) is 4.66. The van der Waals surface area contributed by atoms with Gasteiger partial charge in [0.05, 0.1) is 11.5 Å². The van der Waals surface area contributed by atoms with Crippen molar-refractivity contribution in [1.29, 1.82) is 0 Å². The number of hydrogen-bond acceptors (Lipinski definition) is 4. The van der Waals surface area contributed by atoms with Crippen LogP contribution in [0.25, 0.3) is 0 Å². The van der Waals surface area contributed by atoms with Crippen LogP contribution in [0.5, 0.6) is 0 Å². The zero-order valence-electron chi connectivity index (χ0n) is 13.0. The summed E-state index contributed by atoms with van der Waals surface area (Å²) in [5, 5.41) is 3.72. The molecule has 3 atom stereocenters. The third kappa shape index (κ3) is 4.25. The van der Waals surface area contributed by atoms with E-state index in [9.17, 15) is 13.2 Å². The molecule has 5 nitrogen and oxygen atoms in total. The Labute approximate surface area is 141 Å². The van der Waals surface area contributed by atoms with E-state index in [0.29, 0.717) is 17.5 Å². The molecule has 2 fully saturated rings. The maximum Gasteiger partial charge on any atom is 0.221 e. The number of nitrogens with zero attached hydrogens (tertiary/aromatic N) is 1. The Balaban J connectivity index is 1.53. The number of sulfone groups is 1. The van der Waals surface area contributed by atoms with E-state index < -0.39 is 9.84 Å². The fraction of sp³-hybridized carbons (Fsp3) is 0.562. The molecule has 1 unspecified atom stereocenters. The van der Waals surface area contributed by atoms with Crippen molar-refractivity contribution in [3.8, 4) is 0 Å². The van der Waals surface area contributed by atoms with Gasteiger partial charge in [0, 0.05) is 36.0 Å². The quantitative estimate of drug-likeness (QED) is 0.886. The van der Waals surface area contributed by atoms with Crippen LogP contribution in [0.2, 0.25) is 5.02 Å². The first-order chi connectivity index (χ1) is 10.8. The minimum Gasteiger partial charge on any atom is -0.353 e. The van der Waals surface area contributed by atoms with E-state index in [1.54, 1.807) is 0 Å². The van der Waals surface area contributed by atoms with Crippen molar-refractivity contribution in [2.75, 3.05) is 25.1 Å². The third-order valence-corrected chi connectivity index (χ3v) is 6.59. The second-order valence-corrected chi connectivity index (χ2v) is 9.19. The number of carbonyl (C=O) groups is 1. The van der Waals surface area contributed by atoms with Gasteiger partial charge in [0.15, 0.2) is 9.84 Å². The van der Waals surface area contributed by atoms with Gasteiger partial charge in [-0.3, -0.25) is 4.79 Å². The molecule has 1 N–H and O–H groups in total. The molecule has 1 aliphatic heterocycles. The summed E-state index contributed by atoms with van der Waals surface area (Å²) in [7, 11) is -1.14. The van der Waals surface area contributed by atoms with Crippen molar-refractivity contribution < 1.29 is 13.2 Å². The monoisotopic (exact) mass is 356 g/mol. The van der Waals surface area contributed by atoms with Crippen molar-refractivity contribution >= 4 is 27.3 Å². The van der Waals surface area contributed by atoms with Gasteiger partial charge in [0.2, 0.25) is 5.91 Å². The highest BCUT2D eigenvalue weighted by molar-refractivity contribution is 7.91. The summed E-state index contributed by atoms with van der Waals surface area (Å²) in [5.74, 6) is 0.486. The maximum absolute atomic E-state index is 12.2. The summed E-state index contributed by atoms with van der Waals surface area (Å²) in [6.07, 6.45) is 1.14. The molecule has 1 saturated heterocycles. The molecule has 23 heavy (non-hydrogen) atoms. The number of benzene rings is 1. The highest BCUT2D eigenvalue weighted by Crippen LogP contribution is 2.41. The van der Waals surface area contributed by atoms with Crippen LogP contribution < -0.4 is 5.32 Å². The van der Waals surface area contributed by atoms with Crippen molar-refractivity contribution in [2.24, 2.45) is 0 Å². The molecule has 1 aromatic carbocycles. The normalized spacial score (nSPS) is 29.9. The lowest BCUT2D eigenvalue weighted by Gasteiger charge is -2.31. The van der Waals surface area contributed by atoms with Gasteiger partial charge in [-0.15, -0.1) is 0 Å². The molecule has 3 rings (SSSR count). The molecule has 1 aromatic rings. The maximum atomic E-state index is 12.2. The first-order valence-corrected chi connectivity index (χ1v) is 9.99. The van der Waals surface area contributed by atoms with Crippen LogP contribution in [0.1, 0.15) is 24.3 Å². The Morgan fingerprint density at radius 2 is 2.22 bits per heavy atom. The van der Waals surface area contributed by atoms with Crippen LogP contribution in [0, 0.1) is 0 Å². The van der Waals surface area contributed by atoms with Crippen LogP contribution in [-0.4, -0.2) is 56.4 Å². The lowest BCUT2D eigenvalue weighted by atomic mass is 10.1. The lowest BCUT2D eigenvalue weighted by molar-refractivity contribution is -0.122. The average molecular weight is 357 g/mol. The molecule has 1 heterocycles. The van der Waals surface area contributed by atoms with Gasteiger partial charge < -0.3 is 10.2 Å². The Morgan fingerprint density at radius 3 is 2.96 bits per heavy atom. The number of hydrogen-bond donors (Lipinski definition) is 1. The van der Waals surface area contributed by atoms with Gasteiger partial charge >= 0.3 is 0 Å². The molecule has 0 radical (unpaired) electrons. The summed E-state index contributed by atoms with van der Waals surface area (Å²) in [6, 6.07) is 7.60. The summed E-state index contributed by atoms with van der Waals surface area (Å²) < 4.78 is 23.4. The van der Waals surface area contributed by atoms with E-state index in [1.165, 1.54) is 0 Å². The van der Waals surface area contributed by atoms with E-state index in [-0.39, 0.29) is 35.9 Å². The highest BCUT2D eigenvalue weighted by Gasteiger charge is 2.40. The van der Waals surface area contributed by atoms with E-state index in [2.05, 4.69) is 5.32 Å². The fourth-order valence-electron chi connectivity index (χ4n) is 3.12. The first-order valence-electron chi connectivity index (χ1n) is 7.79. The predicted octanol–water partition coefficient (Wildman–Crippen LogP) is 1.43. The van der Waals surface area contributed by atoms with Crippen molar-refractivity contribution in [3.05, 3.63) is 34.9 Å². The van der Waals surface area contributed by atoms with E-state index in [0.717, 1.165) is 12.0 Å². The van der Waals surface area contributed by atoms with Crippen LogP contribution in [0.3, 0.4) is 0 Å². The second-order valence-electron chi connectivity index (χ2n) is 6.52. The summed E-state index contributed by atoms with van der Waals surface area (Å²) in [4.78, 5) is 14.2. The topological polar surface area (TPSA) is 66.5 Å². The Bertz CT molecular complexity index is 707. The summed E-state index contributed by atoms with van der Waals surface area (Å²) in [5.41, 5.74) is 1.14. The molecule has 1 saturated carbocycles. The van der Waals surface area contributed by atoms with Crippen LogP contribution >= 0.6 is 11.6 Å². The molecule has 126 valence electrons. The number of rotatable bonds is 4. The van der Waals surface area contributed by atoms with Gasteiger partial charge in [-0.25, -0.2) is 8.42 Å². The van der Waals surface area contributed by atoms with E-state index in [4.69, 9.17) is 11.6 Å². The largest absolute Gasteiger partial charge is 0.353 e. The van der Waals surface area contributed by atoms with Gasteiger partial charge in [-0.1, -0.05) is 23.7 Å². The van der Waals surface area contributed by atoms with Crippen molar-refractivity contribution in [2.45, 2.75) is 30.8 Å². The Kier molecular flexibility index (Phi) is 4.67. The molecule has 0 aromatic heterocycles. The van der Waals surface area contributed by atoms with Crippen molar-refractivity contribution in [1.82, 2.24) is 10.2 Å². The molecular weight excluding hydrogens is 336 g/mol. The number of halogens is 1. The van der Waals surface area contributed by atoms with Gasteiger partial charge in [-0.05, 0) is 31.2 Å². The number of amides is 1. The smallest absolute Gasteiger partial charge is 0.221 e. The van der Waals surface area contributed by atoms with E-state index in [1.807, 2.05) is 36.2 Å². The Morgan fingerprint density at radius 1 is 1.43 bits per heavy atom. The van der Waals surface area contributed by atoms with Gasteiger partial charge in [0.1, 0.15) is 0 Å². The highest BCUT2D eigenvalue weighted by atomic mass is 35.5. The minimum atomic E-state index is -3.02. The molecule has 1 aliphatic carbocycles. The molecule has 0 spiro atoms. The molecule has 1 amide bonds. The average Bonchev–Trinajstić information content (AvgIpc) is 3.22. The van der Waals surface area contributed by atoms with Crippen LogP contribution in [0.15, 0.2) is 24.3 Å².